The lowest BCUT2D eigenvalue weighted by atomic mass is 10.1. The van der Waals surface area contributed by atoms with Crippen LogP contribution >= 0.6 is 27.7 Å². The number of rotatable bonds is 4. The minimum atomic E-state index is 0.674. The predicted molar refractivity (Wildman–Crippen MR) is 95.0 cm³/mol. The van der Waals surface area contributed by atoms with Crippen molar-refractivity contribution in [3.63, 3.8) is 0 Å². The van der Waals surface area contributed by atoms with E-state index in [0.29, 0.717) is 6.54 Å². The van der Waals surface area contributed by atoms with E-state index in [1.807, 2.05) is 0 Å². The molecule has 3 rings (SSSR count). The van der Waals surface area contributed by atoms with Crippen LogP contribution in [-0.2, 0) is 6.42 Å². The average Bonchev–Trinajstić information content (AvgIpc) is 2.50. The normalized spacial score (nSPS) is 11.0. The summed E-state index contributed by atoms with van der Waals surface area (Å²) in [5.41, 5.74) is 7.02. The van der Waals surface area contributed by atoms with Crippen molar-refractivity contribution in [2.24, 2.45) is 5.73 Å². The van der Waals surface area contributed by atoms with Crippen LogP contribution in [0.25, 0.3) is 10.8 Å². The Morgan fingerprint density at radius 3 is 2.52 bits per heavy atom. The molecule has 3 aromatic carbocycles. The summed E-state index contributed by atoms with van der Waals surface area (Å²) in [5, 5.41) is 2.55. The molecule has 0 saturated heterocycles. The molecule has 0 aliphatic rings. The Morgan fingerprint density at radius 1 is 0.905 bits per heavy atom. The van der Waals surface area contributed by atoms with Crippen LogP contribution in [0.5, 0.6) is 0 Å². The van der Waals surface area contributed by atoms with Crippen molar-refractivity contribution in [1.82, 2.24) is 0 Å². The van der Waals surface area contributed by atoms with Crippen LogP contribution in [0.15, 0.2) is 74.9 Å². The molecule has 0 saturated carbocycles. The van der Waals surface area contributed by atoms with Crippen LogP contribution in [0.4, 0.5) is 0 Å². The molecule has 0 bridgehead atoms. The van der Waals surface area contributed by atoms with Crippen LogP contribution in [-0.4, -0.2) is 6.54 Å². The Kier molecular flexibility index (Phi) is 4.63. The van der Waals surface area contributed by atoms with E-state index in [1.165, 1.54) is 26.1 Å². The summed E-state index contributed by atoms with van der Waals surface area (Å²) in [5.74, 6) is 0. The van der Waals surface area contributed by atoms with E-state index in [4.69, 9.17) is 5.73 Å². The second-order valence-electron chi connectivity index (χ2n) is 4.90. The summed E-state index contributed by atoms with van der Waals surface area (Å²) in [7, 11) is 0. The number of hydrogen-bond donors (Lipinski definition) is 1. The van der Waals surface area contributed by atoms with E-state index in [2.05, 4.69) is 76.6 Å². The van der Waals surface area contributed by atoms with Gasteiger partial charge in [0, 0.05) is 14.3 Å². The van der Waals surface area contributed by atoms with Crippen molar-refractivity contribution in [2.45, 2.75) is 16.2 Å². The highest BCUT2D eigenvalue weighted by Crippen LogP contribution is 2.34. The molecule has 3 heteroatoms. The summed E-state index contributed by atoms with van der Waals surface area (Å²) < 4.78 is 1.10. The quantitative estimate of drug-likeness (QED) is 0.689. The van der Waals surface area contributed by atoms with Gasteiger partial charge in [0.25, 0.3) is 0 Å². The van der Waals surface area contributed by atoms with E-state index in [0.717, 1.165) is 10.9 Å². The molecule has 0 heterocycles. The van der Waals surface area contributed by atoms with Gasteiger partial charge in [0.15, 0.2) is 0 Å². The molecular formula is C18H16BrNS. The molecular weight excluding hydrogens is 342 g/mol. The predicted octanol–water partition coefficient (Wildman–Crippen LogP) is 5.25. The summed E-state index contributed by atoms with van der Waals surface area (Å²) in [6.45, 7) is 0.674. The van der Waals surface area contributed by atoms with Crippen molar-refractivity contribution in [3.8, 4) is 0 Å². The van der Waals surface area contributed by atoms with E-state index in [9.17, 15) is 0 Å². The van der Waals surface area contributed by atoms with Gasteiger partial charge in [-0.3, -0.25) is 0 Å². The first kappa shape index (κ1) is 14.6. The maximum Gasteiger partial charge on any atom is 0.0186 e. The third-order valence-corrected chi connectivity index (χ3v) is 4.97. The molecule has 106 valence electrons. The van der Waals surface area contributed by atoms with Gasteiger partial charge in [0.2, 0.25) is 0 Å². The van der Waals surface area contributed by atoms with Crippen molar-refractivity contribution in [2.75, 3.05) is 6.54 Å². The van der Waals surface area contributed by atoms with E-state index in [1.54, 1.807) is 11.8 Å². The van der Waals surface area contributed by atoms with Gasteiger partial charge in [-0.2, -0.15) is 0 Å². The van der Waals surface area contributed by atoms with Crippen molar-refractivity contribution < 1.29 is 0 Å². The van der Waals surface area contributed by atoms with Crippen LogP contribution in [0.2, 0.25) is 0 Å². The van der Waals surface area contributed by atoms with Gasteiger partial charge in [0.05, 0.1) is 0 Å². The average molecular weight is 358 g/mol. The first-order chi connectivity index (χ1) is 10.3. The van der Waals surface area contributed by atoms with Crippen molar-refractivity contribution in [3.05, 3.63) is 70.7 Å². The zero-order valence-electron chi connectivity index (χ0n) is 11.6. The summed E-state index contributed by atoms with van der Waals surface area (Å²) >= 11 is 5.35. The Hall–Kier alpha value is -1.29. The maximum absolute atomic E-state index is 5.71. The Labute approximate surface area is 137 Å². The van der Waals surface area contributed by atoms with Gasteiger partial charge in [-0.1, -0.05) is 64.1 Å². The summed E-state index contributed by atoms with van der Waals surface area (Å²) in [6, 6.07) is 21.5. The van der Waals surface area contributed by atoms with Crippen LogP contribution in [0.1, 0.15) is 5.56 Å². The SMILES string of the molecule is NCCc1ccc(Br)cc1Sc1ccc2ccccc2c1. The smallest absolute Gasteiger partial charge is 0.0186 e. The molecule has 2 N–H and O–H groups in total. The molecule has 0 aliphatic heterocycles. The molecule has 0 aromatic heterocycles. The van der Waals surface area contributed by atoms with Gasteiger partial charge in [-0.15, -0.1) is 0 Å². The number of fused-ring (bicyclic) bond motifs is 1. The van der Waals surface area contributed by atoms with Crippen LogP contribution in [0, 0.1) is 0 Å². The fourth-order valence-corrected chi connectivity index (χ4v) is 3.92. The highest BCUT2D eigenvalue weighted by Gasteiger charge is 2.06. The number of nitrogens with two attached hydrogens (primary N) is 1. The maximum atomic E-state index is 5.71. The minimum Gasteiger partial charge on any atom is -0.330 e. The van der Waals surface area contributed by atoms with E-state index < -0.39 is 0 Å². The second-order valence-corrected chi connectivity index (χ2v) is 6.93. The van der Waals surface area contributed by atoms with Crippen LogP contribution < -0.4 is 5.73 Å². The highest BCUT2D eigenvalue weighted by molar-refractivity contribution is 9.10. The molecule has 0 aliphatic carbocycles. The third-order valence-electron chi connectivity index (χ3n) is 3.39. The van der Waals surface area contributed by atoms with Gasteiger partial charge in [-0.25, -0.2) is 0 Å². The Morgan fingerprint density at radius 2 is 1.71 bits per heavy atom. The summed E-state index contributed by atoms with van der Waals surface area (Å²) in [4.78, 5) is 2.52. The molecule has 1 nitrogen and oxygen atoms in total. The van der Waals surface area contributed by atoms with E-state index in [-0.39, 0.29) is 0 Å². The zero-order chi connectivity index (χ0) is 14.7. The number of halogens is 1. The fraction of sp³-hybridized carbons (Fsp3) is 0.111. The first-order valence-corrected chi connectivity index (χ1v) is 8.52. The molecule has 0 radical (unpaired) electrons. The van der Waals surface area contributed by atoms with Gasteiger partial charge >= 0.3 is 0 Å². The summed E-state index contributed by atoms with van der Waals surface area (Å²) in [6.07, 6.45) is 0.906. The second kappa shape index (κ2) is 6.65. The lowest BCUT2D eigenvalue weighted by molar-refractivity contribution is 0.943. The Balaban J connectivity index is 1.95. The molecule has 0 spiro atoms. The van der Waals surface area contributed by atoms with Gasteiger partial charge < -0.3 is 5.73 Å². The first-order valence-electron chi connectivity index (χ1n) is 6.91. The third kappa shape index (κ3) is 3.49. The van der Waals surface area contributed by atoms with Gasteiger partial charge in [-0.05, 0) is 53.6 Å². The largest absolute Gasteiger partial charge is 0.330 e. The van der Waals surface area contributed by atoms with Crippen molar-refractivity contribution in [1.29, 1.82) is 0 Å². The van der Waals surface area contributed by atoms with Gasteiger partial charge in [0.1, 0.15) is 0 Å². The lowest BCUT2D eigenvalue weighted by Gasteiger charge is -2.10. The lowest BCUT2D eigenvalue weighted by Crippen LogP contribution is -2.03. The van der Waals surface area contributed by atoms with Crippen LogP contribution in [0.3, 0.4) is 0 Å². The fourth-order valence-electron chi connectivity index (χ4n) is 2.34. The topological polar surface area (TPSA) is 26.0 Å². The Bertz CT molecular complexity index is 770. The molecule has 21 heavy (non-hydrogen) atoms. The number of hydrogen-bond acceptors (Lipinski definition) is 2. The number of benzene rings is 3. The highest BCUT2D eigenvalue weighted by atomic mass is 79.9. The monoisotopic (exact) mass is 357 g/mol. The molecule has 3 aromatic rings. The zero-order valence-corrected chi connectivity index (χ0v) is 14.0. The van der Waals surface area contributed by atoms with E-state index >= 15 is 0 Å². The molecule has 0 atom stereocenters. The molecule has 0 fully saturated rings. The standard InChI is InChI=1S/C18H16BrNS/c19-16-7-5-14(9-10-20)18(12-16)21-17-8-6-13-3-1-2-4-15(13)11-17/h1-8,11-12H,9-10,20H2. The molecule has 0 unspecified atom stereocenters. The van der Waals surface area contributed by atoms with Crippen molar-refractivity contribution >= 4 is 38.5 Å². The molecule has 0 amide bonds. The minimum absolute atomic E-state index is 0.674.